The van der Waals surface area contributed by atoms with Crippen LogP contribution in [0.25, 0.3) is 0 Å². The van der Waals surface area contributed by atoms with Gasteiger partial charge in [0.05, 0.1) is 6.04 Å². The summed E-state index contributed by atoms with van der Waals surface area (Å²) in [5.41, 5.74) is 1.19. The molecule has 1 saturated heterocycles. The summed E-state index contributed by atoms with van der Waals surface area (Å²) >= 11 is 0. The highest BCUT2D eigenvalue weighted by Crippen LogP contribution is 2.29. The van der Waals surface area contributed by atoms with Crippen LogP contribution in [0.15, 0.2) is 30.3 Å². The fraction of sp³-hybridized carbons (Fsp3) is 0.611. The van der Waals surface area contributed by atoms with Crippen LogP contribution < -0.4 is 5.32 Å². The predicted octanol–water partition coefficient (Wildman–Crippen LogP) is 3.72. The normalized spacial score (nSPS) is 23.6. The highest BCUT2D eigenvalue weighted by atomic mass is 16.2. The van der Waals surface area contributed by atoms with Gasteiger partial charge in [0.1, 0.15) is 6.17 Å². The van der Waals surface area contributed by atoms with Crippen molar-refractivity contribution >= 4 is 5.91 Å². The molecule has 1 aliphatic heterocycles. The molecule has 1 amide bonds. The first-order valence-electron chi connectivity index (χ1n) is 8.30. The number of hydrogen-bond donors (Lipinski definition) is 1. The first kappa shape index (κ1) is 16.0. The number of nitrogens with one attached hydrogen (secondary N) is 1. The van der Waals surface area contributed by atoms with Crippen molar-refractivity contribution in [1.82, 2.24) is 10.2 Å². The Morgan fingerprint density at radius 2 is 1.90 bits per heavy atom. The lowest BCUT2D eigenvalue weighted by molar-refractivity contribution is -0.131. The Morgan fingerprint density at radius 1 is 1.19 bits per heavy atom. The Morgan fingerprint density at radius 3 is 2.52 bits per heavy atom. The second-order valence-corrected chi connectivity index (χ2v) is 6.08. The van der Waals surface area contributed by atoms with E-state index in [0.717, 1.165) is 19.4 Å². The van der Waals surface area contributed by atoms with Crippen LogP contribution in [-0.2, 0) is 4.79 Å². The molecular formula is C18H28N2O. The third kappa shape index (κ3) is 3.65. The highest BCUT2D eigenvalue weighted by molar-refractivity contribution is 5.84. The first-order chi connectivity index (χ1) is 10.2. The molecule has 1 fully saturated rings. The van der Waals surface area contributed by atoms with Crippen LogP contribution in [0.1, 0.15) is 58.2 Å². The van der Waals surface area contributed by atoms with E-state index in [1.165, 1.54) is 18.4 Å². The van der Waals surface area contributed by atoms with E-state index in [4.69, 9.17) is 0 Å². The number of carbonyl (C=O) groups is 1. The van der Waals surface area contributed by atoms with Crippen molar-refractivity contribution < 1.29 is 4.79 Å². The molecule has 1 aromatic carbocycles. The molecule has 1 aromatic rings. The molecule has 116 valence electrons. The number of unbranched alkanes of at least 4 members (excludes halogenated alkanes) is 2. The summed E-state index contributed by atoms with van der Waals surface area (Å²) in [6.45, 7) is 7.36. The molecule has 0 saturated carbocycles. The molecule has 1 N–H and O–H groups in total. The fourth-order valence-electron chi connectivity index (χ4n) is 2.96. The van der Waals surface area contributed by atoms with Crippen molar-refractivity contribution in [3.05, 3.63) is 35.9 Å². The van der Waals surface area contributed by atoms with E-state index in [1.54, 1.807) is 0 Å². The predicted molar refractivity (Wildman–Crippen MR) is 86.8 cm³/mol. The van der Waals surface area contributed by atoms with Gasteiger partial charge < -0.3 is 4.90 Å². The van der Waals surface area contributed by atoms with Crippen molar-refractivity contribution in [3.63, 3.8) is 0 Å². The summed E-state index contributed by atoms with van der Waals surface area (Å²) in [5, 5.41) is 3.56. The van der Waals surface area contributed by atoms with Gasteiger partial charge in [-0.05, 0) is 17.9 Å². The molecule has 3 unspecified atom stereocenters. The van der Waals surface area contributed by atoms with Crippen LogP contribution in [0.2, 0.25) is 0 Å². The summed E-state index contributed by atoms with van der Waals surface area (Å²) in [6, 6.07) is 10.3. The Bertz CT molecular complexity index is 446. The lowest BCUT2D eigenvalue weighted by Crippen LogP contribution is -2.35. The molecule has 2 rings (SSSR count). The van der Waals surface area contributed by atoms with E-state index in [0.29, 0.717) is 5.92 Å². The van der Waals surface area contributed by atoms with Gasteiger partial charge in [-0.25, -0.2) is 0 Å². The Balaban J connectivity index is 2.17. The minimum atomic E-state index is -0.0400. The monoisotopic (exact) mass is 288 g/mol. The first-order valence-corrected chi connectivity index (χ1v) is 8.30. The number of rotatable bonds is 7. The third-order valence-electron chi connectivity index (χ3n) is 4.53. The Hall–Kier alpha value is -1.35. The number of benzene rings is 1. The van der Waals surface area contributed by atoms with E-state index in [-0.39, 0.29) is 18.1 Å². The van der Waals surface area contributed by atoms with Crippen LogP contribution >= 0.6 is 0 Å². The lowest BCUT2D eigenvalue weighted by Gasteiger charge is -2.24. The van der Waals surface area contributed by atoms with E-state index < -0.39 is 0 Å². The van der Waals surface area contributed by atoms with Crippen LogP contribution in [0.4, 0.5) is 0 Å². The number of amides is 1. The van der Waals surface area contributed by atoms with Gasteiger partial charge in [-0.2, -0.15) is 0 Å². The zero-order chi connectivity index (χ0) is 15.2. The number of carbonyl (C=O) groups excluding carboxylic acids is 1. The molecule has 0 radical (unpaired) electrons. The van der Waals surface area contributed by atoms with Gasteiger partial charge in [0.2, 0.25) is 5.91 Å². The molecular weight excluding hydrogens is 260 g/mol. The van der Waals surface area contributed by atoms with Gasteiger partial charge in [0.25, 0.3) is 0 Å². The molecule has 3 nitrogen and oxygen atoms in total. The fourth-order valence-corrected chi connectivity index (χ4v) is 2.96. The maximum absolute atomic E-state index is 12.7. The highest BCUT2D eigenvalue weighted by Gasteiger charge is 2.41. The summed E-state index contributed by atoms with van der Waals surface area (Å²) < 4.78 is 0. The summed E-state index contributed by atoms with van der Waals surface area (Å²) in [5.74, 6) is 0.647. The van der Waals surface area contributed by atoms with E-state index >= 15 is 0 Å². The summed E-state index contributed by atoms with van der Waals surface area (Å²) in [6.07, 6.45) is 4.50. The number of nitrogens with zero attached hydrogens (tertiary/aromatic N) is 1. The zero-order valence-electron chi connectivity index (χ0n) is 13.5. The van der Waals surface area contributed by atoms with Crippen molar-refractivity contribution in [2.45, 2.75) is 58.7 Å². The van der Waals surface area contributed by atoms with Crippen LogP contribution in [0, 0.1) is 5.92 Å². The van der Waals surface area contributed by atoms with E-state index in [2.05, 4.69) is 38.2 Å². The van der Waals surface area contributed by atoms with Crippen molar-refractivity contribution in [1.29, 1.82) is 0 Å². The smallest absolute Gasteiger partial charge is 0.241 e. The quantitative estimate of drug-likeness (QED) is 0.776. The molecule has 1 aliphatic rings. The third-order valence-corrected chi connectivity index (χ3v) is 4.53. The second kappa shape index (κ2) is 7.60. The molecule has 0 spiro atoms. The van der Waals surface area contributed by atoms with Gasteiger partial charge in [-0.15, -0.1) is 0 Å². The van der Waals surface area contributed by atoms with Gasteiger partial charge in [-0.1, -0.05) is 70.4 Å². The lowest BCUT2D eigenvalue weighted by atomic mass is 9.99. The second-order valence-electron chi connectivity index (χ2n) is 6.08. The molecule has 1 heterocycles. The largest absolute Gasteiger partial charge is 0.322 e. The van der Waals surface area contributed by atoms with Crippen LogP contribution in [0.5, 0.6) is 0 Å². The van der Waals surface area contributed by atoms with Gasteiger partial charge in [0, 0.05) is 6.54 Å². The van der Waals surface area contributed by atoms with E-state index in [9.17, 15) is 4.79 Å². The summed E-state index contributed by atoms with van der Waals surface area (Å²) in [4.78, 5) is 14.8. The van der Waals surface area contributed by atoms with E-state index in [1.807, 2.05) is 23.1 Å². The average molecular weight is 288 g/mol. The molecule has 0 bridgehead atoms. The molecule has 21 heavy (non-hydrogen) atoms. The molecule has 3 atom stereocenters. The molecule has 0 aliphatic carbocycles. The minimum Gasteiger partial charge on any atom is -0.322 e. The zero-order valence-corrected chi connectivity index (χ0v) is 13.5. The SMILES string of the molecule is CCCCCN1C(=O)C(C(C)CC)NC1c1ccccc1. The van der Waals surface area contributed by atoms with Crippen molar-refractivity contribution in [2.75, 3.05) is 6.54 Å². The maximum atomic E-state index is 12.7. The standard InChI is InChI=1S/C18H28N2O/c1-4-6-10-13-20-17(15-11-8-7-9-12-15)19-16(18(20)21)14(3)5-2/h7-9,11-12,14,16-17,19H,4-6,10,13H2,1-3H3. The number of hydrogen-bond acceptors (Lipinski definition) is 2. The van der Waals surface area contributed by atoms with Gasteiger partial charge in [0.15, 0.2) is 0 Å². The maximum Gasteiger partial charge on any atom is 0.241 e. The van der Waals surface area contributed by atoms with Gasteiger partial charge in [-0.3, -0.25) is 10.1 Å². The molecule has 0 aromatic heterocycles. The Kier molecular flexibility index (Phi) is 5.80. The summed E-state index contributed by atoms with van der Waals surface area (Å²) in [7, 11) is 0. The van der Waals surface area contributed by atoms with Crippen molar-refractivity contribution in [3.8, 4) is 0 Å². The van der Waals surface area contributed by atoms with Crippen molar-refractivity contribution in [2.24, 2.45) is 5.92 Å². The van der Waals surface area contributed by atoms with Crippen LogP contribution in [-0.4, -0.2) is 23.4 Å². The van der Waals surface area contributed by atoms with Gasteiger partial charge >= 0.3 is 0 Å². The molecule has 3 heteroatoms. The Labute approximate surface area is 128 Å². The van der Waals surface area contributed by atoms with Crippen LogP contribution in [0.3, 0.4) is 0 Å². The average Bonchev–Trinajstić information content (AvgIpc) is 2.85. The topological polar surface area (TPSA) is 32.3 Å². The minimum absolute atomic E-state index is 0.0366.